The predicted molar refractivity (Wildman–Crippen MR) is 129 cm³/mol. The van der Waals surface area contributed by atoms with Crippen LogP contribution in [-0.4, -0.2) is 44.2 Å². The standard InChI is InChI=1S/C22H22ClF4N3O4S.ClH/c1-12-19(28)21(32)30(11-13-3-5-14(23)6-4-13)17-9-15(16(24)10-18(17)35(12,33)34)20(31)29-8-2-7-22(25,26)27;/h3-6,9-10,12,19H,2,7-8,11,28H2,1H3,(H,29,31);1H/t12-,19+;/m1./s1. The summed E-state index contributed by atoms with van der Waals surface area (Å²) in [7, 11) is -4.28. The van der Waals surface area contributed by atoms with Crippen molar-refractivity contribution in [2.75, 3.05) is 11.4 Å². The summed E-state index contributed by atoms with van der Waals surface area (Å²) < 4.78 is 78.1. The van der Waals surface area contributed by atoms with Crippen molar-refractivity contribution < 1.29 is 35.6 Å². The van der Waals surface area contributed by atoms with Crippen molar-refractivity contribution in [1.29, 1.82) is 0 Å². The fourth-order valence-corrected chi connectivity index (χ4v) is 5.33. The molecular weight excluding hydrogens is 549 g/mol. The van der Waals surface area contributed by atoms with Crippen molar-refractivity contribution >= 4 is 51.3 Å². The maximum Gasteiger partial charge on any atom is 0.389 e. The molecule has 2 amide bonds. The monoisotopic (exact) mass is 571 g/mol. The summed E-state index contributed by atoms with van der Waals surface area (Å²) in [5.74, 6) is -3.02. The molecule has 2 atom stereocenters. The van der Waals surface area contributed by atoms with Crippen LogP contribution in [0, 0.1) is 5.82 Å². The molecule has 0 aliphatic carbocycles. The molecule has 3 N–H and O–H groups in total. The topological polar surface area (TPSA) is 110 Å². The molecule has 2 aromatic rings. The minimum absolute atomic E-state index is 0. The minimum Gasteiger partial charge on any atom is -0.352 e. The van der Waals surface area contributed by atoms with E-state index in [0.29, 0.717) is 16.7 Å². The van der Waals surface area contributed by atoms with E-state index in [1.165, 1.54) is 6.92 Å². The third-order valence-electron chi connectivity index (χ3n) is 5.61. The van der Waals surface area contributed by atoms with E-state index in [1.807, 2.05) is 0 Å². The Morgan fingerprint density at radius 3 is 2.39 bits per heavy atom. The largest absolute Gasteiger partial charge is 0.389 e. The highest BCUT2D eigenvalue weighted by Crippen LogP contribution is 2.36. The highest BCUT2D eigenvalue weighted by molar-refractivity contribution is 7.92. The van der Waals surface area contributed by atoms with Crippen LogP contribution in [0.4, 0.5) is 23.2 Å². The fourth-order valence-electron chi connectivity index (χ4n) is 3.57. The van der Waals surface area contributed by atoms with Gasteiger partial charge in [0.2, 0.25) is 5.91 Å². The first-order valence-electron chi connectivity index (χ1n) is 10.5. The van der Waals surface area contributed by atoms with E-state index in [9.17, 15) is 35.6 Å². The number of alkyl halides is 3. The van der Waals surface area contributed by atoms with E-state index in [2.05, 4.69) is 5.32 Å². The number of halogens is 6. The third kappa shape index (κ3) is 6.47. The van der Waals surface area contributed by atoms with Crippen LogP contribution in [0.2, 0.25) is 5.02 Å². The molecular formula is C22H23Cl2F4N3O4S. The Labute approximate surface area is 216 Å². The lowest BCUT2D eigenvalue weighted by atomic mass is 10.1. The normalized spacial score (nSPS) is 19.2. The van der Waals surface area contributed by atoms with Crippen LogP contribution in [0.3, 0.4) is 0 Å². The molecule has 1 heterocycles. The number of anilines is 1. The highest BCUT2D eigenvalue weighted by Gasteiger charge is 2.42. The van der Waals surface area contributed by atoms with Crippen molar-refractivity contribution in [3.05, 3.63) is 58.4 Å². The van der Waals surface area contributed by atoms with Crippen molar-refractivity contribution in [3.63, 3.8) is 0 Å². The van der Waals surface area contributed by atoms with Crippen LogP contribution >= 0.6 is 24.0 Å². The molecule has 0 aromatic heterocycles. The number of hydrogen-bond donors (Lipinski definition) is 2. The van der Waals surface area contributed by atoms with E-state index in [1.54, 1.807) is 24.3 Å². The van der Waals surface area contributed by atoms with Gasteiger partial charge >= 0.3 is 6.18 Å². The molecule has 0 bridgehead atoms. The van der Waals surface area contributed by atoms with Crippen LogP contribution in [-0.2, 0) is 21.2 Å². The number of amides is 2. The van der Waals surface area contributed by atoms with E-state index in [0.717, 1.165) is 11.0 Å². The first kappa shape index (κ1) is 29.8. The van der Waals surface area contributed by atoms with Gasteiger partial charge in [-0.25, -0.2) is 12.8 Å². The average molecular weight is 572 g/mol. The third-order valence-corrected chi connectivity index (χ3v) is 8.08. The number of rotatable bonds is 6. The molecule has 36 heavy (non-hydrogen) atoms. The molecule has 0 saturated carbocycles. The van der Waals surface area contributed by atoms with E-state index in [4.69, 9.17) is 17.3 Å². The first-order chi connectivity index (χ1) is 16.2. The maximum absolute atomic E-state index is 14.9. The SMILES string of the molecule is C[C@@H]1[C@H](N)C(=O)N(Cc2ccc(Cl)cc2)c2cc(C(=O)NCCCC(F)(F)F)c(F)cc2S1(=O)=O.Cl. The molecule has 1 aliphatic rings. The van der Waals surface area contributed by atoms with Gasteiger partial charge in [-0.3, -0.25) is 9.59 Å². The molecule has 198 valence electrons. The predicted octanol–water partition coefficient (Wildman–Crippen LogP) is 4.01. The zero-order valence-corrected chi connectivity index (χ0v) is 21.2. The summed E-state index contributed by atoms with van der Waals surface area (Å²) in [4.78, 5) is 26.2. The minimum atomic E-state index is -4.41. The van der Waals surface area contributed by atoms with Crippen LogP contribution < -0.4 is 16.0 Å². The first-order valence-corrected chi connectivity index (χ1v) is 12.4. The van der Waals surface area contributed by atoms with E-state index in [-0.39, 0.29) is 31.2 Å². The molecule has 0 unspecified atom stereocenters. The zero-order valence-electron chi connectivity index (χ0n) is 18.8. The number of sulfone groups is 1. The summed E-state index contributed by atoms with van der Waals surface area (Å²) in [6, 6.07) is 6.38. The van der Waals surface area contributed by atoms with Gasteiger partial charge in [-0.1, -0.05) is 23.7 Å². The lowest BCUT2D eigenvalue weighted by molar-refractivity contribution is -0.135. The Balaban J connectivity index is 0.00000456. The van der Waals surface area contributed by atoms with Gasteiger partial charge in [0, 0.05) is 18.0 Å². The number of nitrogens with one attached hydrogen (secondary N) is 1. The quantitative estimate of drug-likeness (QED) is 0.402. The highest BCUT2D eigenvalue weighted by atomic mass is 35.5. The summed E-state index contributed by atoms with van der Waals surface area (Å²) in [5, 5.41) is 1.23. The molecule has 7 nitrogen and oxygen atoms in total. The van der Waals surface area contributed by atoms with Gasteiger partial charge in [-0.05, 0) is 43.2 Å². The molecule has 3 rings (SSSR count). The molecule has 0 radical (unpaired) electrons. The van der Waals surface area contributed by atoms with Gasteiger partial charge in [-0.2, -0.15) is 13.2 Å². The Hall–Kier alpha value is -2.41. The van der Waals surface area contributed by atoms with Gasteiger partial charge in [0.15, 0.2) is 9.84 Å². The van der Waals surface area contributed by atoms with Crippen molar-refractivity contribution in [2.45, 2.75) is 48.7 Å². The zero-order chi connectivity index (χ0) is 26.1. The number of nitrogens with zero attached hydrogens (tertiary/aromatic N) is 1. The van der Waals surface area contributed by atoms with Crippen LogP contribution in [0.1, 0.15) is 35.7 Å². The summed E-state index contributed by atoms with van der Waals surface area (Å²) >= 11 is 5.89. The summed E-state index contributed by atoms with van der Waals surface area (Å²) in [6.07, 6.45) is -5.98. The van der Waals surface area contributed by atoms with E-state index < -0.39 is 68.2 Å². The summed E-state index contributed by atoms with van der Waals surface area (Å²) in [6.45, 7) is 0.687. The molecule has 2 aromatic carbocycles. The van der Waals surface area contributed by atoms with Gasteiger partial charge in [0.1, 0.15) is 11.9 Å². The van der Waals surface area contributed by atoms with Crippen LogP contribution in [0.25, 0.3) is 0 Å². The van der Waals surface area contributed by atoms with Crippen molar-refractivity contribution in [1.82, 2.24) is 5.32 Å². The lowest BCUT2D eigenvalue weighted by Gasteiger charge is -2.25. The second-order valence-electron chi connectivity index (χ2n) is 8.10. The second-order valence-corrected chi connectivity index (χ2v) is 10.8. The number of carbonyl (C=O) groups excluding carboxylic acids is 2. The smallest absolute Gasteiger partial charge is 0.352 e. The molecule has 0 fully saturated rings. The molecule has 14 heteroatoms. The maximum atomic E-state index is 14.9. The molecule has 0 spiro atoms. The average Bonchev–Trinajstić information content (AvgIpc) is 2.82. The Kier molecular flexibility index (Phi) is 9.38. The fraction of sp³-hybridized carbons (Fsp3) is 0.364. The van der Waals surface area contributed by atoms with Gasteiger partial charge in [-0.15, -0.1) is 12.4 Å². The van der Waals surface area contributed by atoms with Crippen molar-refractivity contribution in [3.8, 4) is 0 Å². The number of benzene rings is 2. The summed E-state index contributed by atoms with van der Waals surface area (Å²) in [5.41, 5.74) is 5.61. The van der Waals surface area contributed by atoms with Crippen molar-refractivity contribution in [2.24, 2.45) is 5.73 Å². The number of nitrogens with two attached hydrogens (primary N) is 1. The van der Waals surface area contributed by atoms with Gasteiger partial charge in [0.05, 0.1) is 27.9 Å². The Morgan fingerprint density at radius 1 is 1.19 bits per heavy atom. The lowest BCUT2D eigenvalue weighted by Crippen LogP contribution is -2.49. The molecule has 0 saturated heterocycles. The van der Waals surface area contributed by atoms with Gasteiger partial charge < -0.3 is 16.0 Å². The van der Waals surface area contributed by atoms with Gasteiger partial charge in [0.25, 0.3) is 5.91 Å². The Morgan fingerprint density at radius 2 is 1.81 bits per heavy atom. The van der Waals surface area contributed by atoms with Crippen LogP contribution in [0.5, 0.6) is 0 Å². The number of carbonyl (C=O) groups is 2. The number of fused-ring (bicyclic) bond motifs is 1. The Bertz CT molecular complexity index is 1240. The second kappa shape index (κ2) is 11.3. The number of hydrogen-bond acceptors (Lipinski definition) is 5. The molecule has 1 aliphatic heterocycles. The van der Waals surface area contributed by atoms with E-state index >= 15 is 0 Å². The van der Waals surface area contributed by atoms with Crippen LogP contribution in [0.15, 0.2) is 41.3 Å².